The van der Waals surface area contributed by atoms with E-state index in [1.54, 1.807) is 24.3 Å². The molecule has 0 aliphatic carbocycles. The molecule has 46 heavy (non-hydrogen) atoms. The van der Waals surface area contributed by atoms with E-state index in [0.29, 0.717) is 93.3 Å². The molecule has 6 aromatic carbocycles. The second-order valence-electron chi connectivity index (χ2n) is 11.5. The van der Waals surface area contributed by atoms with E-state index in [9.17, 15) is 9.59 Å². The highest BCUT2D eigenvalue weighted by molar-refractivity contribution is 6.15. The molecule has 2 aromatic heterocycles. The molecule has 10 rings (SSSR count). The molecule has 0 radical (unpaired) electrons. The average Bonchev–Trinajstić information content (AvgIpc) is 3.10. The molecule has 0 saturated heterocycles. The first-order valence-corrected chi connectivity index (χ1v) is 15.1. The minimum absolute atomic E-state index is 0.154. The van der Waals surface area contributed by atoms with Crippen molar-refractivity contribution >= 4 is 65.4 Å². The Kier molecular flexibility index (Phi) is 5.09. The first-order valence-electron chi connectivity index (χ1n) is 15.1. The van der Waals surface area contributed by atoms with Crippen LogP contribution >= 0.6 is 0 Å². The van der Waals surface area contributed by atoms with E-state index in [0.717, 1.165) is 32.7 Å². The molecule has 8 heteroatoms. The lowest BCUT2D eigenvalue weighted by molar-refractivity contribution is 0.172. The number of hydrogen-bond donors (Lipinski definition) is 0. The minimum atomic E-state index is -0.163. The molecule has 0 amide bonds. The van der Waals surface area contributed by atoms with E-state index in [-0.39, 0.29) is 10.9 Å². The van der Waals surface area contributed by atoms with Gasteiger partial charge in [-0.2, -0.15) is 0 Å². The summed E-state index contributed by atoms with van der Waals surface area (Å²) in [5.74, 6) is 2.07. The van der Waals surface area contributed by atoms with Gasteiger partial charge in [0.1, 0.15) is 43.2 Å². The summed E-state index contributed by atoms with van der Waals surface area (Å²) in [4.78, 5) is 28.3. The van der Waals surface area contributed by atoms with Crippen LogP contribution < -0.4 is 29.8 Å². The molecule has 8 nitrogen and oxygen atoms in total. The SMILES string of the molecule is O=c1c2ccc3c(c2oc2ccc4ccc(-c5cc6ccccc6c6c(=O)c7cc8c(cc7oc56)OCCO8)cc4c12)OCCO3. The standard InChI is InChI=1S/C38H22O8/c39-34-23-8-10-28-38(44-14-13-41-28)37(23)45-27-9-7-19-5-6-21(15-24(19)32(27)34)25-16-20-3-1-2-4-22(20)33-35(40)26-17-30-31(43-12-11-42-30)18-29(26)46-36(25)33/h1-10,15-18H,11-14H2. The third-order valence-corrected chi connectivity index (χ3v) is 8.97. The van der Waals surface area contributed by atoms with Crippen molar-refractivity contribution < 1.29 is 27.8 Å². The van der Waals surface area contributed by atoms with Gasteiger partial charge in [0, 0.05) is 11.6 Å². The quantitative estimate of drug-likeness (QED) is 0.138. The first-order chi connectivity index (χ1) is 22.6. The van der Waals surface area contributed by atoms with Gasteiger partial charge in [-0.3, -0.25) is 9.59 Å². The van der Waals surface area contributed by atoms with Crippen molar-refractivity contribution in [2.45, 2.75) is 0 Å². The number of benzene rings is 6. The maximum atomic E-state index is 14.2. The Hall–Kier alpha value is -6.02. The summed E-state index contributed by atoms with van der Waals surface area (Å²) in [6.45, 7) is 1.65. The minimum Gasteiger partial charge on any atom is -0.486 e. The Morgan fingerprint density at radius 2 is 1.22 bits per heavy atom. The fourth-order valence-electron chi connectivity index (χ4n) is 6.85. The van der Waals surface area contributed by atoms with Gasteiger partial charge >= 0.3 is 0 Å². The van der Waals surface area contributed by atoms with Crippen LogP contribution in [-0.4, -0.2) is 26.4 Å². The summed E-state index contributed by atoms with van der Waals surface area (Å²) in [5, 5.41) is 5.06. The monoisotopic (exact) mass is 606 g/mol. The topological polar surface area (TPSA) is 97.3 Å². The second kappa shape index (κ2) is 9.25. The van der Waals surface area contributed by atoms with Gasteiger partial charge in [0.2, 0.25) is 16.6 Å². The molecule has 0 spiro atoms. The van der Waals surface area contributed by atoms with Crippen LogP contribution in [0.15, 0.2) is 103 Å². The molecule has 4 heterocycles. The Morgan fingerprint density at radius 3 is 2.11 bits per heavy atom. The number of fused-ring (bicyclic) bond motifs is 11. The van der Waals surface area contributed by atoms with Gasteiger partial charge in [0.15, 0.2) is 22.8 Å². The Labute approximate surface area is 258 Å². The fraction of sp³-hybridized carbons (Fsp3) is 0.105. The van der Waals surface area contributed by atoms with E-state index in [1.807, 2.05) is 60.7 Å². The summed E-state index contributed by atoms with van der Waals surface area (Å²) in [5.41, 5.74) is 2.88. The number of hydrogen-bond acceptors (Lipinski definition) is 8. The molecule has 8 aromatic rings. The second-order valence-corrected chi connectivity index (χ2v) is 11.5. The van der Waals surface area contributed by atoms with E-state index in [4.69, 9.17) is 27.8 Å². The lowest BCUT2D eigenvalue weighted by atomic mass is 9.94. The van der Waals surface area contributed by atoms with Crippen LogP contribution in [0.2, 0.25) is 0 Å². The summed E-state index contributed by atoms with van der Waals surface area (Å²) in [7, 11) is 0. The van der Waals surface area contributed by atoms with Crippen molar-refractivity contribution in [2.75, 3.05) is 26.4 Å². The maximum absolute atomic E-state index is 14.2. The van der Waals surface area contributed by atoms with Crippen LogP contribution in [0.4, 0.5) is 0 Å². The predicted octanol–water partition coefficient (Wildman–Crippen LogP) is 7.72. The summed E-state index contributed by atoms with van der Waals surface area (Å²) in [6.07, 6.45) is 0. The molecule has 0 fully saturated rings. The van der Waals surface area contributed by atoms with Crippen LogP contribution in [-0.2, 0) is 0 Å². The summed E-state index contributed by atoms with van der Waals surface area (Å²) in [6, 6.07) is 26.4. The highest BCUT2D eigenvalue weighted by atomic mass is 16.6. The largest absolute Gasteiger partial charge is 0.486 e. The van der Waals surface area contributed by atoms with Gasteiger partial charge in [-0.25, -0.2) is 0 Å². The van der Waals surface area contributed by atoms with Crippen molar-refractivity contribution in [1.29, 1.82) is 0 Å². The Bertz CT molecular complexity index is 2760. The van der Waals surface area contributed by atoms with Gasteiger partial charge in [-0.15, -0.1) is 0 Å². The summed E-state index contributed by atoms with van der Waals surface area (Å²) >= 11 is 0. The van der Waals surface area contributed by atoms with E-state index >= 15 is 0 Å². The first kappa shape index (κ1) is 25.3. The summed E-state index contributed by atoms with van der Waals surface area (Å²) < 4.78 is 36.0. The normalized spacial score (nSPS) is 14.2. The van der Waals surface area contributed by atoms with Crippen LogP contribution in [0, 0.1) is 0 Å². The highest BCUT2D eigenvalue weighted by Gasteiger charge is 2.23. The van der Waals surface area contributed by atoms with Crippen molar-refractivity contribution in [1.82, 2.24) is 0 Å². The molecule has 0 N–H and O–H groups in total. The van der Waals surface area contributed by atoms with Crippen molar-refractivity contribution in [3.63, 3.8) is 0 Å². The zero-order valence-corrected chi connectivity index (χ0v) is 24.2. The predicted molar refractivity (Wildman–Crippen MR) is 176 cm³/mol. The maximum Gasteiger partial charge on any atom is 0.205 e. The zero-order valence-electron chi connectivity index (χ0n) is 24.2. The Morgan fingerprint density at radius 1 is 0.478 bits per heavy atom. The number of ether oxygens (including phenoxy) is 4. The van der Waals surface area contributed by atoms with Crippen LogP contribution in [0.25, 0.3) is 76.5 Å². The average molecular weight is 607 g/mol. The van der Waals surface area contributed by atoms with Crippen LogP contribution in [0.5, 0.6) is 23.0 Å². The van der Waals surface area contributed by atoms with Crippen LogP contribution in [0.3, 0.4) is 0 Å². The molecule has 0 atom stereocenters. The molecule has 0 unspecified atom stereocenters. The smallest absolute Gasteiger partial charge is 0.205 e. The molecular weight excluding hydrogens is 584 g/mol. The van der Waals surface area contributed by atoms with E-state index < -0.39 is 0 Å². The van der Waals surface area contributed by atoms with Gasteiger partial charge < -0.3 is 27.8 Å². The number of rotatable bonds is 1. The zero-order chi connectivity index (χ0) is 30.5. The lowest BCUT2D eigenvalue weighted by Crippen LogP contribution is -2.16. The van der Waals surface area contributed by atoms with Gasteiger partial charge in [-0.1, -0.05) is 42.5 Å². The molecule has 2 aliphatic rings. The van der Waals surface area contributed by atoms with Gasteiger partial charge in [-0.05, 0) is 63.5 Å². The fourth-order valence-corrected chi connectivity index (χ4v) is 6.85. The van der Waals surface area contributed by atoms with Crippen molar-refractivity contribution in [3.05, 3.63) is 105 Å². The molecule has 2 aliphatic heterocycles. The third kappa shape index (κ3) is 3.49. The molecular formula is C38H22O8. The van der Waals surface area contributed by atoms with E-state index in [1.165, 1.54) is 0 Å². The lowest BCUT2D eigenvalue weighted by Gasteiger charge is -2.19. The van der Waals surface area contributed by atoms with Crippen molar-refractivity contribution in [2.24, 2.45) is 0 Å². The molecule has 222 valence electrons. The van der Waals surface area contributed by atoms with Gasteiger partial charge in [0.25, 0.3) is 0 Å². The van der Waals surface area contributed by atoms with Crippen molar-refractivity contribution in [3.8, 4) is 34.1 Å². The molecule has 0 saturated carbocycles. The van der Waals surface area contributed by atoms with Gasteiger partial charge in [0.05, 0.1) is 21.5 Å². The van der Waals surface area contributed by atoms with Crippen LogP contribution in [0.1, 0.15) is 0 Å². The molecule has 0 bridgehead atoms. The Balaban J connectivity index is 1.28. The third-order valence-electron chi connectivity index (χ3n) is 8.97. The van der Waals surface area contributed by atoms with E-state index in [2.05, 4.69) is 0 Å². The highest BCUT2D eigenvalue weighted by Crippen LogP contribution is 2.41.